The van der Waals surface area contributed by atoms with Crippen molar-refractivity contribution in [3.8, 4) is 0 Å². The van der Waals surface area contributed by atoms with Crippen molar-refractivity contribution in [2.45, 2.75) is 19.8 Å². The van der Waals surface area contributed by atoms with Gasteiger partial charge in [0, 0.05) is 24.8 Å². The Kier molecular flexibility index (Phi) is 5.04. The van der Waals surface area contributed by atoms with Gasteiger partial charge in [-0.15, -0.1) is 0 Å². The van der Waals surface area contributed by atoms with E-state index in [4.69, 9.17) is 5.73 Å². The number of aromatic nitrogens is 2. The van der Waals surface area contributed by atoms with Crippen LogP contribution >= 0.6 is 0 Å². The maximum atomic E-state index is 12.4. The zero-order valence-electron chi connectivity index (χ0n) is 9.24. The molecule has 0 saturated carbocycles. The minimum Gasteiger partial charge on any atom is -0.350 e. The molecule has 0 radical (unpaired) electrons. The molecule has 0 aliphatic heterocycles. The van der Waals surface area contributed by atoms with Crippen LogP contribution in [0.3, 0.4) is 0 Å². The van der Waals surface area contributed by atoms with Gasteiger partial charge in [-0.05, 0) is 6.42 Å². The summed E-state index contributed by atoms with van der Waals surface area (Å²) < 4.78 is 24.7. The summed E-state index contributed by atoms with van der Waals surface area (Å²) in [7, 11) is 0. The fourth-order valence-electron chi connectivity index (χ4n) is 1.37. The van der Waals surface area contributed by atoms with Gasteiger partial charge < -0.3 is 10.6 Å². The second-order valence-corrected chi connectivity index (χ2v) is 3.35. The fourth-order valence-corrected chi connectivity index (χ4v) is 1.37. The molecule has 0 aliphatic carbocycles. The molecule has 0 aromatic carbocycles. The van der Waals surface area contributed by atoms with Gasteiger partial charge in [0.25, 0.3) is 6.43 Å². The molecule has 4 nitrogen and oxygen atoms in total. The molecule has 1 rings (SSSR count). The molecule has 16 heavy (non-hydrogen) atoms. The average molecular weight is 230 g/mol. The van der Waals surface area contributed by atoms with E-state index in [0.29, 0.717) is 18.9 Å². The molecule has 0 spiro atoms. The smallest absolute Gasteiger partial charge is 0.255 e. The zero-order valence-corrected chi connectivity index (χ0v) is 9.24. The summed E-state index contributed by atoms with van der Waals surface area (Å²) in [4.78, 5) is 9.49. The number of alkyl halides is 2. The van der Waals surface area contributed by atoms with Gasteiger partial charge in [-0.3, -0.25) is 0 Å². The van der Waals surface area contributed by atoms with E-state index in [-0.39, 0.29) is 6.54 Å². The van der Waals surface area contributed by atoms with Gasteiger partial charge in [-0.25, -0.2) is 18.7 Å². The summed E-state index contributed by atoms with van der Waals surface area (Å²) in [5, 5.41) is 0. The Morgan fingerprint density at radius 1 is 1.44 bits per heavy atom. The van der Waals surface area contributed by atoms with E-state index in [1.807, 2.05) is 6.92 Å². The number of nitrogens with two attached hydrogens (primary N) is 1. The molecule has 0 saturated heterocycles. The Bertz CT molecular complexity index is 319. The molecule has 0 amide bonds. The lowest BCUT2D eigenvalue weighted by Crippen LogP contribution is -2.34. The molecule has 0 atom stereocenters. The van der Waals surface area contributed by atoms with Crippen LogP contribution in [0, 0.1) is 0 Å². The molecule has 0 bridgehead atoms. The first-order chi connectivity index (χ1) is 7.67. The number of halogens is 2. The Morgan fingerprint density at radius 2 is 2.19 bits per heavy atom. The largest absolute Gasteiger partial charge is 0.350 e. The van der Waals surface area contributed by atoms with Gasteiger partial charge in [0.05, 0.1) is 6.54 Å². The lowest BCUT2D eigenvalue weighted by atomic mass is 10.3. The fraction of sp³-hybridized carbons (Fsp3) is 0.600. The highest BCUT2D eigenvalue weighted by molar-refractivity contribution is 5.39. The van der Waals surface area contributed by atoms with Crippen molar-refractivity contribution in [3.63, 3.8) is 0 Å². The highest BCUT2D eigenvalue weighted by Gasteiger charge is 2.13. The van der Waals surface area contributed by atoms with Crippen LogP contribution in [0.5, 0.6) is 0 Å². The van der Waals surface area contributed by atoms with Gasteiger partial charge >= 0.3 is 0 Å². The number of rotatable bonds is 6. The van der Waals surface area contributed by atoms with Crippen LogP contribution in [0.25, 0.3) is 0 Å². The Morgan fingerprint density at radius 3 is 2.75 bits per heavy atom. The molecule has 1 aromatic heterocycles. The SMILES string of the molecule is CCc1cc(N(CCN)CC(F)F)ncn1. The van der Waals surface area contributed by atoms with E-state index in [1.54, 1.807) is 6.07 Å². The summed E-state index contributed by atoms with van der Waals surface area (Å²) in [5.74, 6) is 0.512. The summed E-state index contributed by atoms with van der Waals surface area (Å²) in [6, 6.07) is 1.72. The standard InChI is InChI=1S/C10H16F2N4/c1-2-8-5-10(15-7-14-8)16(4-3-13)6-9(11)12/h5,7,9H,2-4,6,13H2,1H3. The van der Waals surface area contributed by atoms with E-state index in [0.717, 1.165) is 12.1 Å². The predicted molar refractivity (Wildman–Crippen MR) is 58.7 cm³/mol. The summed E-state index contributed by atoms with van der Waals surface area (Å²) in [6.07, 6.45) is -0.254. The third-order valence-electron chi connectivity index (χ3n) is 2.15. The molecule has 1 aromatic rings. The maximum absolute atomic E-state index is 12.4. The number of hydrogen-bond donors (Lipinski definition) is 1. The van der Waals surface area contributed by atoms with Crippen LogP contribution in [-0.4, -0.2) is 36.0 Å². The average Bonchev–Trinajstić information content (AvgIpc) is 2.28. The van der Waals surface area contributed by atoms with Crippen molar-refractivity contribution >= 4 is 5.82 Å². The normalized spacial score (nSPS) is 10.8. The number of nitrogens with zero attached hydrogens (tertiary/aromatic N) is 3. The molecule has 0 aliphatic rings. The molecule has 90 valence electrons. The zero-order chi connectivity index (χ0) is 12.0. The van der Waals surface area contributed by atoms with Crippen LogP contribution in [0.15, 0.2) is 12.4 Å². The maximum Gasteiger partial charge on any atom is 0.255 e. The first kappa shape index (κ1) is 12.8. The summed E-state index contributed by atoms with van der Waals surface area (Å²) >= 11 is 0. The van der Waals surface area contributed by atoms with Gasteiger partial charge in [0.15, 0.2) is 0 Å². The first-order valence-electron chi connectivity index (χ1n) is 5.21. The van der Waals surface area contributed by atoms with Crippen LogP contribution in [0.2, 0.25) is 0 Å². The molecular weight excluding hydrogens is 214 g/mol. The van der Waals surface area contributed by atoms with Gasteiger partial charge in [0.1, 0.15) is 12.1 Å². The first-order valence-corrected chi connectivity index (χ1v) is 5.21. The highest BCUT2D eigenvalue weighted by Crippen LogP contribution is 2.12. The molecular formula is C10H16F2N4. The van der Waals surface area contributed by atoms with Gasteiger partial charge in [0.2, 0.25) is 0 Å². The third-order valence-corrected chi connectivity index (χ3v) is 2.15. The van der Waals surface area contributed by atoms with E-state index < -0.39 is 6.43 Å². The second kappa shape index (κ2) is 6.32. The highest BCUT2D eigenvalue weighted by atomic mass is 19.3. The topological polar surface area (TPSA) is 55.0 Å². The Labute approximate surface area is 93.5 Å². The Hall–Kier alpha value is -1.30. The number of aryl methyl sites for hydroxylation is 1. The molecule has 6 heteroatoms. The second-order valence-electron chi connectivity index (χ2n) is 3.35. The lowest BCUT2D eigenvalue weighted by Gasteiger charge is -2.22. The van der Waals surface area contributed by atoms with Crippen molar-refractivity contribution in [1.29, 1.82) is 0 Å². The van der Waals surface area contributed by atoms with Crippen LogP contribution < -0.4 is 10.6 Å². The van der Waals surface area contributed by atoms with E-state index in [2.05, 4.69) is 9.97 Å². The van der Waals surface area contributed by atoms with Crippen molar-refractivity contribution in [2.24, 2.45) is 5.73 Å². The quantitative estimate of drug-likeness (QED) is 0.794. The number of anilines is 1. The van der Waals surface area contributed by atoms with Gasteiger partial charge in [-0.2, -0.15) is 0 Å². The van der Waals surface area contributed by atoms with E-state index in [1.165, 1.54) is 11.2 Å². The monoisotopic (exact) mass is 230 g/mol. The van der Waals surface area contributed by atoms with E-state index >= 15 is 0 Å². The van der Waals surface area contributed by atoms with Crippen molar-refractivity contribution in [1.82, 2.24) is 9.97 Å². The van der Waals surface area contributed by atoms with Crippen LogP contribution in [0.4, 0.5) is 14.6 Å². The minimum atomic E-state index is -2.40. The van der Waals surface area contributed by atoms with Crippen molar-refractivity contribution in [3.05, 3.63) is 18.1 Å². The Balaban J connectivity index is 2.82. The minimum absolute atomic E-state index is 0.318. The van der Waals surface area contributed by atoms with Crippen molar-refractivity contribution in [2.75, 3.05) is 24.5 Å². The summed E-state index contributed by atoms with van der Waals surface area (Å²) in [6.45, 7) is 2.28. The van der Waals surface area contributed by atoms with E-state index in [9.17, 15) is 8.78 Å². The summed E-state index contributed by atoms with van der Waals surface area (Å²) in [5.41, 5.74) is 6.22. The molecule has 2 N–H and O–H groups in total. The molecule has 1 heterocycles. The third kappa shape index (κ3) is 3.69. The lowest BCUT2D eigenvalue weighted by molar-refractivity contribution is 0.154. The van der Waals surface area contributed by atoms with Crippen LogP contribution in [0.1, 0.15) is 12.6 Å². The molecule has 0 unspecified atom stereocenters. The van der Waals surface area contributed by atoms with Crippen molar-refractivity contribution < 1.29 is 8.78 Å². The molecule has 0 fully saturated rings. The van der Waals surface area contributed by atoms with Gasteiger partial charge in [-0.1, -0.05) is 6.92 Å². The number of hydrogen-bond acceptors (Lipinski definition) is 4. The van der Waals surface area contributed by atoms with Crippen LogP contribution in [-0.2, 0) is 6.42 Å². The predicted octanol–water partition coefficient (Wildman–Crippen LogP) is 1.07.